The predicted octanol–water partition coefficient (Wildman–Crippen LogP) is 0.313. The lowest BCUT2D eigenvalue weighted by molar-refractivity contribution is -0.156. The standard InChI is InChI=1S/C23H28N2O7/c1-3-31-23(30)18-17(22(28)29)14-9-13(19(18)32-14)10-24(2)6-7-25-20(26)15-11-4-5-12(8-11)16(15)21(25)27/h4-5,9,11-12,14-19H,3,6-8,10H2,1-2H3,(H,28,29)/t11-,12-,14+,15-,16+,17+,18+,19-/m1/s1. The number of carbonyl (C=O) groups is 4. The molecule has 172 valence electrons. The Hall–Kier alpha value is -2.52. The molecule has 0 aromatic heterocycles. The second-order valence-corrected chi connectivity index (χ2v) is 9.47. The summed E-state index contributed by atoms with van der Waals surface area (Å²) in [6, 6.07) is 0. The molecule has 0 aromatic carbocycles. The molecule has 0 radical (unpaired) electrons. The van der Waals surface area contributed by atoms with E-state index in [2.05, 4.69) is 12.2 Å². The largest absolute Gasteiger partial charge is 0.481 e. The van der Waals surface area contributed by atoms with Crippen molar-refractivity contribution in [1.82, 2.24) is 9.80 Å². The van der Waals surface area contributed by atoms with Crippen LogP contribution in [0.25, 0.3) is 0 Å². The SMILES string of the molecule is CCOC(=O)[C@H]1[C@@H](C(=O)O)[C@@H]2C=C(CN(C)CCN3C(=O)[C@@H]4[C@H](C3=O)[C@@H]3C=C[C@@H]4C3)[C@H]1O2. The van der Waals surface area contributed by atoms with Crippen LogP contribution in [0, 0.1) is 35.5 Å². The summed E-state index contributed by atoms with van der Waals surface area (Å²) in [4.78, 5) is 53.2. The molecular weight excluding hydrogens is 416 g/mol. The van der Waals surface area contributed by atoms with Crippen molar-refractivity contribution in [3.63, 3.8) is 0 Å². The minimum atomic E-state index is -1.07. The third kappa shape index (κ3) is 3.13. The Labute approximate surface area is 186 Å². The van der Waals surface area contributed by atoms with Gasteiger partial charge in [-0.05, 0) is 37.8 Å². The molecule has 2 aliphatic carbocycles. The molecule has 1 N–H and O–H groups in total. The highest BCUT2D eigenvalue weighted by Gasteiger charge is 2.59. The zero-order valence-electron chi connectivity index (χ0n) is 18.2. The van der Waals surface area contributed by atoms with Crippen molar-refractivity contribution in [3.8, 4) is 0 Å². The molecule has 5 aliphatic rings. The number of carboxylic acid groups (broad SMARTS) is 1. The second-order valence-electron chi connectivity index (χ2n) is 9.47. The first-order chi connectivity index (χ1) is 15.3. The summed E-state index contributed by atoms with van der Waals surface area (Å²) < 4.78 is 10.9. The predicted molar refractivity (Wildman–Crippen MR) is 110 cm³/mol. The Kier molecular flexibility index (Phi) is 5.21. The van der Waals surface area contributed by atoms with Crippen LogP contribution in [-0.4, -0.2) is 84.2 Å². The smallest absolute Gasteiger partial charge is 0.312 e. The first kappa shape index (κ1) is 21.3. The van der Waals surface area contributed by atoms with E-state index < -0.39 is 36.0 Å². The number of aliphatic carboxylic acids is 1. The molecule has 2 amide bonds. The number of nitrogens with zero attached hydrogens (tertiary/aromatic N) is 2. The fourth-order valence-electron chi connectivity index (χ4n) is 6.29. The van der Waals surface area contributed by atoms with Gasteiger partial charge in [0.25, 0.3) is 0 Å². The maximum atomic E-state index is 12.8. The Balaban J connectivity index is 1.20. The Bertz CT molecular complexity index is 897. The summed E-state index contributed by atoms with van der Waals surface area (Å²) in [7, 11) is 1.87. The second kappa shape index (κ2) is 7.81. The van der Waals surface area contributed by atoms with Gasteiger partial charge >= 0.3 is 11.9 Å². The number of amides is 2. The molecule has 1 saturated carbocycles. The van der Waals surface area contributed by atoms with Crippen molar-refractivity contribution < 1.29 is 33.8 Å². The molecule has 5 rings (SSSR count). The van der Waals surface area contributed by atoms with E-state index in [-0.39, 0.29) is 42.1 Å². The van der Waals surface area contributed by atoms with E-state index in [1.54, 1.807) is 13.0 Å². The van der Waals surface area contributed by atoms with Crippen LogP contribution in [0.2, 0.25) is 0 Å². The maximum Gasteiger partial charge on any atom is 0.312 e. The summed E-state index contributed by atoms with van der Waals surface area (Å²) in [5, 5.41) is 9.55. The molecule has 32 heavy (non-hydrogen) atoms. The summed E-state index contributed by atoms with van der Waals surface area (Å²) in [6.45, 7) is 3.13. The highest BCUT2D eigenvalue weighted by molar-refractivity contribution is 6.06. The number of ether oxygens (including phenoxy) is 2. The highest BCUT2D eigenvalue weighted by Crippen LogP contribution is 2.52. The third-order valence-electron chi connectivity index (χ3n) is 7.68. The van der Waals surface area contributed by atoms with Crippen molar-refractivity contribution in [1.29, 1.82) is 0 Å². The van der Waals surface area contributed by atoms with Gasteiger partial charge in [0.1, 0.15) is 11.8 Å². The van der Waals surface area contributed by atoms with Gasteiger partial charge in [0.05, 0.1) is 30.7 Å². The number of carbonyl (C=O) groups excluding carboxylic acids is 3. The van der Waals surface area contributed by atoms with Crippen LogP contribution in [0.5, 0.6) is 0 Å². The number of esters is 1. The average molecular weight is 444 g/mol. The first-order valence-corrected chi connectivity index (χ1v) is 11.3. The Morgan fingerprint density at radius 2 is 1.84 bits per heavy atom. The molecule has 9 heteroatoms. The molecule has 9 nitrogen and oxygen atoms in total. The van der Waals surface area contributed by atoms with Crippen LogP contribution >= 0.6 is 0 Å². The number of allylic oxidation sites excluding steroid dienone is 2. The summed E-state index contributed by atoms with van der Waals surface area (Å²) in [5.74, 6) is -3.54. The van der Waals surface area contributed by atoms with Crippen LogP contribution in [0.1, 0.15) is 13.3 Å². The van der Waals surface area contributed by atoms with Gasteiger partial charge in [-0.1, -0.05) is 18.2 Å². The fourth-order valence-corrected chi connectivity index (χ4v) is 6.29. The first-order valence-electron chi connectivity index (χ1n) is 11.3. The van der Waals surface area contributed by atoms with E-state index in [0.29, 0.717) is 19.6 Å². The quantitative estimate of drug-likeness (QED) is 0.323. The van der Waals surface area contributed by atoms with Gasteiger partial charge in [0.15, 0.2) is 0 Å². The topological polar surface area (TPSA) is 113 Å². The number of rotatable bonds is 8. The van der Waals surface area contributed by atoms with Crippen molar-refractivity contribution in [2.24, 2.45) is 35.5 Å². The van der Waals surface area contributed by atoms with E-state index in [4.69, 9.17) is 9.47 Å². The zero-order valence-corrected chi connectivity index (χ0v) is 18.2. The third-order valence-corrected chi connectivity index (χ3v) is 7.68. The van der Waals surface area contributed by atoms with E-state index in [0.717, 1.165) is 12.0 Å². The molecular formula is C23H28N2O7. The lowest BCUT2D eigenvalue weighted by Crippen LogP contribution is -2.42. The van der Waals surface area contributed by atoms with Gasteiger partial charge in [-0.2, -0.15) is 0 Å². The average Bonchev–Trinajstić information content (AvgIpc) is 3.53. The molecule has 3 fully saturated rings. The summed E-state index contributed by atoms with van der Waals surface area (Å²) in [5.41, 5.74) is 0.839. The van der Waals surface area contributed by atoms with Crippen LogP contribution in [0.15, 0.2) is 23.8 Å². The lowest BCUT2D eigenvalue weighted by Gasteiger charge is -2.27. The van der Waals surface area contributed by atoms with Gasteiger partial charge in [-0.15, -0.1) is 0 Å². The zero-order chi connectivity index (χ0) is 22.7. The van der Waals surface area contributed by atoms with Crippen LogP contribution in [0.3, 0.4) is 0 Å². The Morgan fingerprint density at radius 3 is 2.44 bits per heavy atom. The molecule has 8 atom stereocenters. The maximum absolute atomic E-state index is 12.8. The van der Waals surface area contributed by atoms with Crippen LogP contribution in [-0.2, 0) is 28.7 Å². The number of hydrogen-bond acceptors (Lipinski definition) is 7. The number of likely N-dealkylation sites (tertiary alicyclic amines) is 1. The van der Waals surface area contributed by atoms with E-state index in [9.17, 15) is 24.3 Å². The number of likely N-dealkylation sites (N-methyl/N-ethyl adjacent to an activating group) is 1. The highest BCUT2D eigenvalue weighted by atomic mass is 16.5. The van der Waals surface area contributed by atoms with Gasteiger partial charge < -0.3 is 19.5 Å². The molecule has 0 spiro atoms. The normalized spacial score (nSPS) is 38.7. The van der Waals surface area contributed by atoms with Gasteiger partial charge in [-0.3, -0.25) is 24.1 Å². The van der Waals surface area contributed by atoms with Gasteiger partial charge in [0.2, 0.25) is 11.8 Å². The molecule has 0 aromatic rings. The van der Waals surface area contributed by atoms with Gasteiger partial charge in [0, 0.05) is 19.6 Å². The monoisotopic (exact) mass is 444 g/mol. The number of hydrogen-bond donors (Lipinski definition) is 1. The van der Waals surface area contributed by atoms with Crippen molar-refractivity contribution in [2.75, 3.05) is 33.3 Å². The molecule has 3 aliphatic heterocycles. The fraction of sp³-hybridized carbons (Fsp3) is 0.652. The van der Waals surface area contributed by atoms with E-state index in [1.165, 1.54) is 4.90 Å². The van der Waals surface area contributed by atoms with E-state index >= 15 is 0 Å². The lowest BCUT2D eigenvalue weighted by atomic mass is 9.79. The summed E-state index contributed by atoms with van der Waals surface area (Å²) >= 11 is 0. The molecule has 0 unspecified atom stereocenters. The number of carboxylic acids is 1. The molecule has 4 bridgehead atoms. The minimum Gasteiger partial charge on any atom is -0.481 e. The van der Waals surface area contributed by atoms with E-state index in [1.807, 2.05) is 11.9 Å². The molecule has 3 heterocycles. The van der Waals surface area contributed by atoms with Crippen LogP contribution < -0.4 is 0 Å². The Morgan fingerprint density at radius 1 is 1.19 bits per heavy atom. The van der Waals surface area contributed by atoms with Gasteiger partial charge in [-0.25, -0.2) is 0 Å². The minimum absolute atomic E-state index is 0.0561. The summed E-state index contributed by atoms with van der Waals surface area (Å²) in [6.07, 6.45) is 5.58. The van der Waals surface area contributed by atoms with Crippen LogP contribution in [0.4, 0.5) is 0 Å². The van der Waals surface area contributed by atoms with Crippen molar-refractivity contribution in [2.45, 2.75) is 25.6 Å². The number of fused-ring (bicyclic) bond motifs is 7. The number of imide groups is 1. The molecule has 2 saturated heterocycles. The van der Waals surface area contributed by atoms with Crippen molar-refractivity contribution in [3.05, 3.63) is 23.8 Å². The van der Waals surface area contributed by atoms with Crippen molar-refractivity contribution >= 4 is 23.8 Å².